The van der Waals surface area contributed by atoms with E-state index in [1.807, 2.05) is 0 Å². The Balaban J connectivity index is 1.54. The van der Waals surface area contributed by atoms with Crippen molar-refractivity contribution in [3.63, 3.8) is 0 Å². The maximum absolute atomic E-state index is 7.58. The summed E-state index contributed by atoms with van der Waals surface area (Å²) in [6.45, 7) is 24.5. The van der Waals surface area contributed by atoms with E-state index >= 15 is 0 Å². The zero-order valence-electron chi connectivity index (χ0n) is 47.5. The van der Waals surface area contributed by atoms with Gasteiger partial charge in [0.2, 0.25) is 0 Å². The highest BCUT2D eigenvalue weighted by Gasteiger charge is 2.71. The molecule has 0 amide bonds. The SMILES string of the molecule is CCO[Si](OCC)(OCC)[SH](SSSC12CCC(CC1)C2)C1CCCCCCCCCCC1([SH](SSSC12CCC(CC1)C2)[Si](OCC)(OCC)OCC)[SH](SSSC12CCC(CC1)C2)[Si](OCC)(OCC)OCC. The van der Waals surface area contributed by atoms with Crippen molar-refractivity contribution in [2.24, 2.45) is 17.8 Å². The van der Waals surface area contributed by atoms with Crippen molar-refractivity contribution in [1.29, 1.82) is 0 Å². The molecule has 0 spiro atoms. The molecule has 444 valence electrons. The van der Waals surface area contributed by atoms with E-state index in [4.69, 9.17) is 39.8 Å². The van der Waals surface area contributed by atoms with Gasteiger partial charge in [0.1, 0.15) is 0 Å². The van der Waals surface area contributed by atoms with Crippen LogP contribution in [0.2, 0.25) is 0 Å². The van der Waals surface area contributed by atoms with Crippen LogP contribution in [-0.2, 0) is 39.8 Å². The first-order valence-electron chi connectivity index (χ1n) is 29.7. The minimum atomic E-state index is -3.62. The van der Waals surface area contributed by atoms with Crippen LogP contribution in [0.4, 0.5) is 0 Å². The molecule has 7 fully saturated rings. The van der Waals surface area contributed by atoms with Gasteiger partial charge in [-0.3, -0.25) is 0 Å². The summed E-state index contributed by atoms with van der Waals surface area (Å²) in [5, 5.41) is 0.120. The molecule has 75 heavy (non-hydrogen) atoms. The quantitative estimate of drug-likeness (QED) is 0.0316. The third-order valence-corrected chi connectivity index (χ3v) is 79.8. The van der Waals surface area contributed by atoms with Crippen LogP contribution in [0, 0.1) is 17.8 Å². The summed E-state index contributed by atoms with van der Waals surface area (Å²) in [5.74, 6) is 2.64. The van der Waals surface area contributed by atoms with Gasteiger partial charge in [0.05, 0.1) is 4.08 Å². The van der Waals surface area contributed by atoms with E-state index in [1.54, 1.807) is 0 Å². The van der Waals surface area contributed by atoms with E-state index in [-0.39, 0.29) is 5.25 Å². The summed E-state index contributed by atoms with van der Waals surface area (Å²) < 4.78 is 68.4. The molecular formula is C51H102O9S12Si3. The Bertz CT molecular complexity index is 1520. The Morgan fingerprint density at radius 3 is 0.947 bits per heavy atom. The van der Waals surface area contributed by atoms with Crippen LogP contribution < -0.4 is 0 Å². The molecule has 0 aromatic rings. The first-order valence-corrected chi connectivity index (χ1v) is 53.8. The lowest BCUT2D eigenvalue weighted by Gasteiger charge is -2.61. The Hall–Kier alpha value is 4.49. The van der Waals surface area contributed by atoms with Gasteiger partial charge in [-0.15, -0.1) is 28.1 Å². The fourth-order valence-corrected chi connectivity index (χ4v) is 101. The first-order chi connectivity index (χ1) is 36.5. The molecule has 9 nitrogen and oxygen atoms in total. The lowest BCUT2D eigenvalue weighted by atomic mass is 10.00. The van der Waals surface area contributed by atoms with Gasteiger partial charge in [-0.1, -0.05) is 83.7 Å². The summed E-state index contributed by atoms with van der Waals surface area (Å²) in [6.07, 6.45) is 32.1. The Morgan fingerprint density at radius 2 is 0.640 bits per heavy atom. The first kappa shape index (κ1) is 67.0. The smallest absolute Gasteiger partial charge is 0.366 e. The van der Waals surface area contributed by atoms with Crippen LogP contribution in [0.1, 0.15) is 223 Å². The molecule has 4 atom stereocenters. The van der Waals surface area contributed by atoms with Crippen molar-refractivity contribution in [2.75, 3.05) is 59.5 Å². The Morgan fingerprint density at radius 1 is 0.347 bits per heavy atom. The minimum absolute atomic E-state index is 0.120. The largest absolute Gasteiger partial charge is 0.565 e. The van der Waals surface area contributed by atoms with Gasteiger partial charge in [0.15, 0.2) is 0 Å². The van der Waals surface area contributed by atoms with Crippen molar-refractivity contribution >= 4 is 143 Å². The molecule has 6 bridgehead atoms. The maximum Gasteiger partial charge on any atom is 0.565 e. The number of fused-ring (bicyclic) bond motifs is 6. The zero-order valence-corrected chi connectivity index (χ0v) is 60.6. The van der Waals surface area contributed by atoms with E-state index in [0.717, 1.165) is 43.4 Å². The molecule has 0 radical (unpaired) electrons. The summed E-state index contributed by atoms with van der Waals surface area (Å²) in [5.41, 5.74) is 0. The maximum atomic E-state index is 7.58. The molecule has 0 aromatic heterocycles. The van der Waals surface area contributed by atoms with E-state index in [9.17, 15) is 0 Å². The number of hydrogen-bond acceptors (Lipinski definition) is 18. The zero-order chi connectivity index (χ0) is 53.3. The Labute approximate surface area is 501 Å². The second-order valence-corrected chi connectivity index (χ2v) is 63.0. The highest BCUT2D eigenvalue weighted by molar-refractivity contribution is 9.37. The topological polar surface area (TPSA) is 83.1 Å². The number of thiol groups is 3. The van der Waals surface area contributed by atoms with Gasteiger partial charge < -0.3 is 39.8 Å². The lowest BCUT2D eigenvalue weighted by Crippen LogP contribution is -2.61. The molecule has 0 heterocycles. The standard InChI is InChI=1S/C51H102O9S12Si3/c1-10-52-73(53-11-2,54-12-3)70(67-64-61-48-35-28-44(41-48)29-36-48)47-27-25-23-21-19-20-22-24-26-34-51(47,71(74(55-13-4,56-14-5)57-15-6)68-65-62-49-37-30-45(42-49)31-38-49)72(75(58-16-7,59-17-8)60-18-9)69-66-63-50-39-32-46(43-50)33-40-50/h44-47,70-72H,10-43H2,1-9H3. The minimum Gasteiger partial charge on any atom is -0.366 e. The molecule has 7 saturated carbocycles. The predicted octanol–water partition coefficient (Wildman–Crippen LogP) is 19.4. The number of hydrogen-bond donors (Lipinski definition) is 3. The van der Waals surface area contributed by atoms with E-state index in [2.05, 4.69) is 154 Å². The predicted molar refractivity (Wildman–Crippen MR) is 358 cm³/mol. The fourth-order valence-electron chi connectivity index (χ4n) is 13.7. The summed E-state index contributed by atoms with van der Waals surface area (Å²) in [4.78, 5) is 0. The molecule has 0 aliphatic heterocycles. The highest BCUT2D eigenvalue weighted by atomic mass is 33.7. The average Bonchev–Trinajstić information content (AvgIpc) is 4.30. The third kappa shape index (κ3) is 16.6. The van der Waals surface area contributed by atoms with Crippen LogP contribution >= 0.6 is 119 Å². The van der Waals surface area contributed by atoms with Gasteiger partial charge >= 0.3 is 23.9 Å². The molecule has 7 aliphatic rings. The van der Waals surface area contributed by atoms with Crippen molar-refractivity contribution in [2.45, 2.75) is 246 Å². The molecule has 24 heteroatoms. The third-order valence-electron chi connectivity index (χ3n) is 17.0. The monoisotopic (exact) mass is 1330 g/mol. The molecule has 4 unspecified atom stereocenters. The van der Waals surface area contributed by atoms with Crippen LogP contribution in [-0.4, -0.2) is 107 Å². The molecule has 0 saturated heterocycles. The van der Waals surface area contributed by atoms with Gasteiger partial charge in [-0.25, -0.2) is 0 Å². The summed E-state index contributed by atoms with van der Waals surface area (Å²) >= 11 is 0. The molecule has 0 N–H and O–H groups in total. The molecule has 0 aromatic carbocycles. The molecular weight excluding hydrogens is 1230 g/mol. The van der Waals surface area contributed by atoms with E-state index < -0.39 is 56.1 Å². The molecule has 7 rings (SSSR count). The van der Waals surface area contributed by atoms with Gasteiger partial charge in [-0.05, 0) is 248 Å². The average molecular weight is 1330 g/mol. The lowest BCUT2D eigenvalue weighted by molar-refractivity contribution is 0.0941. The summed E-state index contributed by atoms with van der Waals surface area (Å²) in [6, 6.07) is 0. The van der Waals surface area contributed by atoms with Crippen molar-refractivity contribution in [3.8, 4) is 0 Å². The molecule has 7 aliphatic carbocycles. The normalized spacial score (nSPS) is 33.5. The van der Waals surface area contributed by atoms with E-state index in [1.165, 1.54) is 135 Å². The highest BCUT2D eigenvalue weighted by Crippen LogP contribution is 2.86. The van der Waals surface area contributed by atoms with Crippen molar-refractivity contribution in [3.05, 3.63) is 0 Å². The fraction of sp³-hybridized carbons (Fsp3) is 1.00. The van der Waals surface area contributed by atoms with E-state index in [0.29, 0.717) is 73.7 Å². The van der Waals surface area contributed by atoms with Crippen LogP contribution in [0.3, 0.4) is 0 Å². The summed E-state index contributed by atoms with van der Waals surface area (Å²) in [7, 11) is 4.84. The van der Waals surface area contributed by atoms with Gasteiger partial charge in [-0.2, -0.15) is 0 Å². The van der Waals surface area contributed by atoms with Gasteiger partial charge in [0, 0.05) is 79.0 Å². The van der Waals surface area contributed by atoms with Crippen LogP contribution in [0.25, 0.3) is 0 Å². The van der Waals surface area contributed by atoms with Crippen LogP contribution in [0.5, 0.6) is 0 Å². The number of rotatable bonds is 36. The van der Waals surface area contributed by atoms with Crippen molar-refractivity contribution in [1.82, 2.24) is 0 Å². The van der Waals surface area contributed by atoms with Gasteiger partial charge in [0.25, 0.3) is 0 Å². The second-order valence-electron chi connectivity index (χ2n) is 21.8. The Kier molecular flexibility index (Phi) is 29.5. The second kappa shape index (κ2) is 33.0. The van der Waals surface area contributed by atoms with Crippen molar-refractivity contribution < 1.29 is 39.8 Å². The van der Waals surface area contributed by atoms with Crippen LogP contribution in [0.15, 0.2) is 0 Å².